The lowest BCUT2D eigenvalue weighted by Gasteiger charge is -2.10. The van der Waals surface area contributed by atoms with Gasteiger partial charge in [-0.3, -0.25) is 0 Å². The second-order valence-electron chi connectivity index (χ2n) is 3.93. The van der Waals surface area contributed by atoms with Gasteiger partial charge in [0.1, 0.15) is 5.75 Å². The van der Waals surface area contributed by atoms with E-state index in [0.29, 0.717) is 5.75 Å². The molecule has 1 aromatic rings. The predicted octanol–water partition coefficient (Wildman–Crippen LogP) is 0.837. The van der Waals surface area contributed by atoms with E-state index >= 15 is 0 Å². The molecule has 0 radical (unpaired) electrons. The molecule has 18 heavy (non-hydrogen) atoms. The number of nitrogens with one attached hydrogen (secondary N) is 1. The van der Waals surface area contributed by atoms with E-state index in [4.69, 9.17) is 9.84 Å². The van der Waals surface area contributed by atoms with Gasteiger partial charge in [0.25, 0.3) is 0 Å². The van der Waals surface area contributed by atoms with Gasteiger partial charge in [-0.25, -0.2) is 17.9 Å². The highest BCUT2D eigenvalue weighted by Gasteiger charge is 2.15. The first-order valence-corrected chi connectivity index (χ1v) is 6.76. The number of carbonyl (C=O) groups is 1. The molecule has 1 rings (SSSR count). The van der Waals surface area contributed by atoms with Crippen LogP contribution in [-0.2, 0) is 14.8 Å². The normalized spacial score (nSPS) is 11.5. The molecule has 0 bridgehead atoms. The number of aliphatic carboxylic acids is 1. The Bertz CT molecular complexity index is 507. The summed E-state index contributed by atoms with van der Waals surface area (Å²) in [6, 6.07) is 5.36. The van der Waals surface area contributed by atoms with Crippen molar-refractivity contribution in [3.05, 3.63) is 24.3 Å². The van der Waals surface area contributed by atoms with Crippen LogP contribution in [0.1, 0.15) is 13.8 Å². The Kier molecular flexibility index (Phi) is 4.69. The van der Waals surface area contributed by atoms with E-state index in [1.165, 1.54) is 24.3 Å². The topological polar surface area (TPSA) is 92.7 Å². The average molecular weight is 273 g/mol. The van der Waals surface area contributed by atoms with Crippen LogP contribution in [0.5, 0.6) is 5.75 Å². The SMILES string of the molecule is CC(C)NS(=O)(=O)c1ccc(OCC(=O)O)cc1. The molecule has 0 spiro atoms. The summed E-state index contributed by atoms with van der Waals surface area (Å²) in [6.45, 7) is 2.99. The first-order valence-electron chi connectivity index (χ1n) is 5.28. The summed E-state index contributed by atoms with van der Waals surface area (Å²) >= 11 is 0. The molecule has 0 aliphatic heterocycles. The van der Waals surface area contributed by atoms with E-state index in [1.54, 1.807) is 13.8 Å². The maximum absolute atomic E-state index is 11.8. The van der Waals surface area contributed by atoms with Crippen LogP contribution in [0.2, 0.25) is 0 Å². The van der Waals surface area contributed by atoms with Gasteiger partial charge in [-0.1, -0.05) is 0 Å². The molecule has 100 valence electrons. The fraction of sp³-hybridized carbons (Fsp3) is 0.364. The van der Waals surface area contributed by atoms with Crippen LogP contribution in [0.3, 0.4) is 0 Å². The smallest absolute Gasteiger partial charge is 0.341 e. The van der Waals surface area contributed by atoms with Crippen LogP contribution in [0.25, 0.3) is 0 Å². The van der Waals surface area contributed by atoms with Crippen molar-refractivity contribution < 1.29 is 23.1 Å². The molecule has 0 aromatic heterocycles. The molecule has 0 amide bonds. The van der Waals surface area contributed by atoms with Gasteiger partial charge in [0.15, 0.2) is 6.61 Å². The highest BCUT2D eigenvalue weighted by Crippen LogP contribution is 2.16. The molecule has 2 N–H and O–H groups in total. The van der Waals surface area contributed by atoms with E-state index in [1.807, 2.05) is 0 Å². The minimum absolute atomic E-state index is 0.110. The number of hydrogen-bond donors (Lipinski definition) is 2. The van der Waals surface area contributed by atoms with Crippen LogP contribution < -0.4 is 9.46 Å². The number of hydrogen-bond acceptors (Lipinski definition) is 4. The number of sulfonamides is 1. The summed E-state index contributed by atoms with van der Waals surface area (Å²) in [6.07, 6.45) is 0. The van der Waals surface area contributed by atoms with Crippen molar-refractivity contribution in [3.63, 3.8) is 0 Å². The molecule has 0 heterocycles. The molecular weight excluding hydrogens is 258 g/mol. The van der Waals surface area contributed by atoms with Gasteiger partial charge in [-0.2, -0.15) is 0 Å². The highest BCUT2D eigenvalue weighted by atomic mass is 32.2. The third-order valence-corrected chi connectivity index (χ3v) is 3.56. The zero-order valence-electron chi connectivity index (χ0n) is 10.1. The largest absolute Gasteiger partial charge is 0.482 e. The van der Waals surface area contributed by atoms with Crippen LogP contribution in [-0.4, -0.2) is 32.1 Å². The second kappa shape index (κ2) is 5.83. The predicted molar refractivity (Wildman–Crippen MR) is 65.0 cm³/mol. The average Bonchev–Trinajstić information content (AvgIpc) is 2.25. The van der Waals surface area contributed by atoms with Crippen LogP contribution in [0.15, 0.2) is 29.2 Å². The quantitative estimate of drug-likeness (QED) is 0.801. The van der Waals surface area contributed by atoms with Gasteiger partial charge in [-0.15, -0.1) is 0 Å². The molecule has 1 aromatic carbocycles. The van der Waals surface area contributed by atoms with E-state index in [-0.39, 0.29) is 10.9 Å². The summed E-state index contributed by atoms with van der Waals surface area (Å²) in [7, 11) is -3.53. The molecule has 0 unspecified atom stereocenters. The highest BCUT2D eigenvalue weighted by molar-refractivity contribution is 7.89. The first-order chi connectivity index (χ1) is 8.31. The van der Waals surface area contributed by atoms with Crippen LogP contribution in [0, 0.1) is 0 Å². The molecule has 0 saturated heterocycles. The van der Waals surface area contributed by atoms with Crippen molar-refractivity contribution in [2.24, 2.45) is 0 Å². The van der Waals surface area contributed by atoms with Crippen LogP contribution in [0.4, 0.5) is 0 Å². The fourth-order valence-corrected chi connectivity index (χ4v) is 2.49. The molecule has 0 atom stereocenters. The zero-order chi connectivity index (χ0) is 13.8. The minimum atomic E-state index is -3.53. The molecule has 0 aliphatic rings. The van der Waals surface area contributed by atoms with Gasteiger partial charge < -0.3 is 9.84 Å². The lowest BCUT2D eigenvalue weighted by Crippen LogP contribution is -2.30. The zero-order valence-corrected chi connectivity index (χ0v) is 10.9. The summed E-state index contributed by atoms with van der Waals surface area (Å²) in [5.74, 6) is -0.783. The van der Waals surface area contributed by atoms with Crippen molar-refractivity contribution in [2.45, 2.75) is 24.8 Å². The summed E-state index contributed by atoms with van der Waals surface area (Å²) in [4.78, 5) is 10.4. The Morgan fingerprint density at radius 3 is 2.33 bits per heavy atom. The Morgan fingerprint density at radius 2 is 1.89 bits per heavy atom. The Hall–Kier alpha value is -1.60. The number of carboxylic acids is 1. The molecular formula is C11H15NO5S. The van der Waals surface area contributed by atoms with E-state index in [2.05, 4.69) is 4.72 Å². The third kappa shape index (κ3) is 4.34. The van der Waals surface area contributed by atoms with Gasteiger partial charge in [0.2, 0.25) is 10.0 Å². The van der Waals surface area contributed by atoms with Gasteiger partial charge in [0, 0.05) is 6.04 Å². The van der Waals surface area contributed by atoms with Crippen LogP contribution >= 0.6 is 0 Å². The van der Waals surface area contributed by atoms with E-state index in [9.17, 15) is 13.2 Å². The monoisotopic (exact) mass is 273 g/mol. The lowest BCUT2D eigenvalue weighted by atomic mass is 10.3. The summed E-state index contributed by atoms with van der Waals surface area (Å²) in [5, 5.41) is 8.43. The van der Waals surface area contributed by atoms with Gasteiger partial charge in [0.05, 0.1) is 4.90 Å². The molecule has 0 aliphatic carbocycles. The number of carboxylic acid groups (broad SMARTS) is 1. The standard InChI is InChI=1S/C11H15NO5S/c1-8(2)12-18(15,16)10-5-3-9(4-6-10)17-7-11(13)14/h3-6,8,12H,7H2,1-2H3,(H,13,14). The van der Waals surface area contributed by atoms with E-state index in [0.717, 1.165) is 0 Å². The van der Waals surface area contributed by atoms with Crippen molar-refractivity contribution in [1.29, 1.82) is 0 Å². The number of benzene rings is 1. The molecule has 7 heteroatoms. The fourth-order valence-electron chi connectivity index (χ4n) is 1.24. The minimum Gasteiger partial charge on any atom is -0.482 e. The van der Waals surface area contributed by atoms with Crippen molar-refractivity contribution in [1.82, 2.24) is 4.72 Å². The van der Waals surface area contributed by atoms with Crippen molar-refractivity contribution >= 4 is 16.0 Å². The molecule has 0 fully saturated rings. The van der Waals surface area contributed by atoms with Gasteiger partial charge in [-0.05, 0) is 38.1 Å². The molecule has 0 saturated carbocycles. The van der Waals surface area contributed by atoms with Crippen molar-refractivity contribution in [2.75, 3.05) is 6.61 Å². The maximum atomic E-state index is 11.8. The second-order valence-corrected chi connectivity index (χ2v) is 5.64. The van der Waals surface area contributed by atoms with E-state index < -0.39 is 22.6 Å². The maximum Gasteiger partial charge on any atom is 0.341 e. The number of rotatable bonds is 6. The summed E-state index contributed by atoms with van der Waals surface area (Å²) in [5.41, 5.74) is 0. The first kappa shape index (κ1) is 14.5. The third-order valence-electron chi connectivity index (χ3n) is 1.89. The van der Waals surface area contributed by atoms with Crippen molar-refractivity contribution in [3.8, 4) is 5.75 Å². The Morgan fingerprint density at radius 1 is 1.33 bits per heavy atom. The van der Waals surface area contributed by atoms with Gasteiger partial charge >= 0.3 is 5.97 Å². The lowest BCUT2D eigenvalue weighted by molar-refractivity contribution is -0.139. The Balaban J connectivity index is 2.79. The number of ether oxygens (including phenoxy) is 1. The summed E-state index contributed by atoms with van der Waals surface area (Å²) < 4.78 is 30.9. The Labute approximate surface area is 106 Å². The molecule has 6 nitrogen and oxygen atoms in total.